The second-order valence-electron chi connectivity index (χ2n) is 6.98. The number of para-hydroxylation sites is 1. The summed E-state index contributed by atoms with van der Waals surface area (Å²) in [6.07, 6.45) is 1.48. The van der Waals surface area contributed by atoms with Gasteiger partial charge in [0.25, 0.3) is 0 Å². The fourth-order valence-electron chi connectivity index (χ4n) is 3.71. The van der Waals surface area contributed by atoms with Gasteiger partial charge < -0.3 is 4.90 Å². The van der Waals surface area contributed by atoms with Gasteiger partial charge >= 0.3 is 5.69 Å². The van der Waals surface area contributed by atoms with Crippen LogP contribution in [-0.2, 0) is 11.2 Å². The van der Waals surface area contributed by atoms with E-state index >= 15 is 0 Å². The molecule has 28 heavy (non-hydrogen) atoms. The smallest absolute Gasteiger partial charge is 0.342 e. The Morgan fingerprint density at radius 2 is 1.75 bits per heavy atom. The molecule has 7 heteroatoms. The van der Waals surface area contributed by atoms with Gasteiger partial charge in [-0.1, -0.05) is 36.4 Å². The van der Waals surface area contributed by atoms with Gasteiger partial charge in [0.1, 0.15) is 11.6 Å². The van der Waals surface area contributed by atoms with Gasteiger partial charge in [0.2, 0.25) is 5.91 Å². The van der Waals surface area contributed by atoms with Gasteiger partial charge in [-0.05, 0) is 36.6 Å². The van der Waals surface area contributed by atoms with Gasteiger partial charge in [0.15, 0.2) is 0 Å². The van der Waals surface area contributed by atoms with E-state index in [-0.39, 0.29) is 29.8 Å². The molecule has 1 N–H and O–H groups in total. The molecule has 0 unspecified atom stereocenters. The number of rotatable bonds is 4. The van der Waals surface area contributed by atoms with Crippen molar-refractivity contribution in [2.45, 2.75) is 25.2 Å². The van der Waals surface area contributed by atoms with Gasteiger partial charge in [0.05, 0.1) is 12.1 Å². The van der Waals surface area contributed by atoms with Crippen molar-refractivity contribution in [3.8, 4) is 5.69 Å². The van der Waals surface area contributed by atoms with Crippen LogP contribution in [0.15, 0.2) is 59.4 Å². The molecule has 2 heterocycles. The van der Waals surface area contributed by atoms with Gasteiger partial charge in [-0.2, -0.15) is 5.10 Å². The van der Waals surface area contributed by atoms with E-state index in [0.717, 1.165) is 5.69 Å². The van der Waals surface area contributed by atoms with E-state index in [1.165, 1.54) is 6.07 Å². The summed E-state index contributed by atoms with van der Waals surface area (Å²) in [6.45, 7) is 1.13. The first-order valence-electron chi connectivity index (χ1n) is 9.37. The average Bonchev–Trinajstić information content (AvgIpc) is 3.12. The summed E-state index contributed by atoms with van der Waals surface area (Å²) in [6, 6.07) is 15.8. The molecule has 1 aliphatic heterocycles. The average molecular weight is 380 g/mol. The van der Waals surface area contributed by atoms with Crippen molar-refractivity contribution in [3.63, 3.8) is 0 Å². The molecule has 0 saturated carbocycles. The van der Waals surface area contributed by atoms with Gasteiger partial charge in [-0.25, -0.2) is 18.9 Å². The van der Waals surface area contributed by atoms with Crippen LogP contribution >= 0.6 is 0 Å². The first kappa shape index (κ1) is 18.2. The Balaban J connectivity index is 1.45. The summed E-state index contributed by atoms with van der Waals surface area (Å²) in [5, 5.41) is 6.78. The second-order valence-corrected chi connectivity index (χ2v) is 6.98. The Morgan fingerprint density at radius 3 is 2.46 bits per heavy atom. The number of nitrogens with one attached hydrogen (secondary N) is 1. The fourth-order valence-corrected chi connectivity index (χ4v) is 3.71. The van der Waals surface area contributed by atoms with E-state index in [1.54, 1.807) is 27.7 Å². The zero-order valence-corrected chi connectivity index (χ0v) is 15.3. The van der Waals surface area contributed by atoms with Crippen molar-refractivity contribution < 1.29 is 9.18 Å². The van der Waals surface area contributed by atoms with E-state index in [2.05, 4.69) is 10.2 Å². The lowest BCUT2D eigenvalue weighted by Gasteiger charge is -2.31. The van der Waals surface area contributed by atoms with Crippen molar-refractivity contribution >= 4 is 5.91 Å². The molecule has 144 valence electrons. The van der Waals surface area contributed by atoms with Crippen LogP contribution in [0.4, 0.5) is 4.39 Å². The Morgan fingerprint density at radius 1 is 1.07 bits per heavy atom. The Labute approximate surface area is 161 Å². The summed E-state index contributed by atoms with van der Waals surface area (Å²) in [7, 11) is 0. The van der Waals surface area contributed by atoms with Gasteiger partial charge in [0, 0.05) is 19.0 Å². The highest BCUT2D eigenvalue weighted by Crippen LogP contribution is 2.27. The molecule has 1 amide bonds. The molecule has 0 aliphatic carbocycles. The number of carbonyl (C=O) groups is 1. The molecule has 4 rings (SSSR count). The summed E-state index contributed by atoms with van der Waals surface area (Å²) in [4.78, 5) is 26.5. The summed E-state index contributed by atoms with van der Waals surface area (Å²) < 4.78 is 15.4. The summed E-state index contributed by atoms with van der Waals surface area (Å²) in [5.41, 5.74) is 0.924. The normalized spacial score (nSPS) is 15.0. The molecule has 3 aromatic rings. The van der Waals surface area contributed by atoms with Gasteiger partial charge in [-0.3, -0.25) is 4.79 Å². The number of amides is 1. The highest BCUT2D eigenvalue weighted by molar-refractivity contribution is 5.79. The minimum atomic E-state index is -0.353. The lowest BCUT2D eigenvalue weighted by Crippen LogP contribution is -2.39. The van der Waals surface area contributed by atoms with Crippen LogP contribution in [0.3, 0.4) is 0 Å². The third-order valence-corrected chi connectivity index (χ3v) is 5.23. The molecule has 0 radical (unpaired) electrons. The molecule has 0 atom stereocenters. The molecule has 1 aliphatic rings. The molecular formula is C21H21FN4O2. The Hall–Kier alpha value is -3.22. The van der Waals surface area contributed by atoms with E-state index in [0.29, 0.717) is 37.3 Å². The van der Waals surface area contributed by atoms with Crippen LogP contribution in [0.2, 0.25) is 0 Å². The van der Waals surface area contributed by atoms with Crippen molar-refractivity contribution in [3.05, 3.63) is 82.3 Å². The van der Waals surface area contributed by atoms with Crippen LogP contribution in [0, 0.1) is 5.82 Å². The molecule has 0 bridgehead atoms. The first-order chi connectivity index (χ1) is 13.6. The molecule has 2 aromatic carbocycles. The zero-order valence-electron chi connectivity index (χ0n) is 15.3. The maximum absolute atomic E-state index is 13.8. The largest absolute Gasteiger partial charge is 0.347 e. The Kier molecular flexibility index (Phi) is 5.06. The van der Waals surface area contributed by atoms with E-state index in [9.17, 15) is 14.0 Å². The number of aromatic nitrogens is 3. The van der Waals surface area contributed by atoms with Crippen molar-refractivity contribution in [1.29, 1.82) is 0 Å². The van der Waals surface area contributed by atoms with Crippen molar-refractivity contribution in [2.24, 2.45) is 0 Å². The first-order valence-corrected chi connectivity index (χ1v) is 9.37. The predicted molar refractivity (Wildman–Crippen MR) is 103 cm³/mol. The van der Waals surface area contributed by atoms with Crippen LogP contribution in [-0.4, -0.2) is 38.7 Å². The SMILES string of the molecule is O=C(Cc1ccccc1F)N1CCC(c2n[nH]c(=O)n2-c2ccccc2)CC1. The third kappa shape index (κ3) is 3.60. The lowest BCUT2D eigenvalue weighted by molar-refractivity contribution is -0.131. The number of hydrogen-bond acceptors (Lipinski definition) is 3. The minimum absolute atomic E-state index is 0.0640. The van der Waals surface area contributed by atoms with E-state index < -0.39 is 0 Å². The summed E-state index contributed by atoms with van der Waals surface area (Å²) in [5.74, 6) is 0.342. The number of piperidine rings is 1. The number of benzene rings is 2. The zero-order chi connectivity index (χ0) is 19.5. The van der Waals surface area contributed by atoms with E-state index in [1.807, 2.05) is 30.3 Å². The third-order valence-electron chi connectivity index (χ3n) is 5.23. The molecular weight excluding hydrogens is 359 g/mol. The highest BCUT2D eigenvalue weighted by atomic mass is 19.1. The predicted octanol–water partition coefficient (Wildman–Crippen LogP) is 2.65. The Bertz CT molecular complexity index is 1020. The number of carbonyl (C=O) groups excluding carboxylic acids is 1. The molecule has 1 fully saturated rings. The topological polar surface area (TPSA) is 71.0 Å². The number of nitrogens with zero attached hydrogens (tertiary/aromatic N) is 3. The number of H-pyrrole nitrogens is 1. The number of likely N-dealkylation sites (tertiary alicyclic amines) is 1. The highest BCUT2D eigenvalue weighted by Gasteiger charge is 2.28. The molecule has 6 nitrogen and oxygen atoms in total. The standard InChI is InChI=1S/C21H21FN4O2/c22-18-9-5-4-6-16(18)14-19(27)25-12-10-15(11-13-25)20-23-24-21(28)26(20)17-7-2-1-3-8-17/h1-9,15H,10-14H2,(H,24,28). The molecule has 0 spiro atoms. The van der Waals surface area contributed by atoms with Crippen molar-refractivity contribution in [2.75, 3.05) is 13.1 Å². The monoisotopic (exact) mass is 380 g/mol. The van der Waals surface area contributed by atoms with Crippen LogP contribution in [0.25, 0.3) is 5.69 Å². The maximum atomic E-state index is 13.8. The van der Waals surface area contributed by atoms with E-state index in [4.69, 9.17) is 0 Å². The second kappa shape index (κ2) is 7.80. The lowest BCUT2D eigenvalue weighted by atomic mass is 9.95. The maximum Gasteiger partial charge on any atom is 0.347 e. The summed E-state index contributed by atoms with van der Waals surface area (Å²) >= 11 is 0. The molecule has 1 aromatic heterocycles. The quantitative estimate of drug-likeness (QED) is 0.756. The van der Waals surface area contributed by atoms with Crippen LogP contribution in [0.1, 0.15) is 30.1 Å². The fraction of sp³-hybridized carbons (Fsp3) is 0.286. The number of hydrogen-bond donors (Lipinski definition) is 1. The van der Waals surface area contributed by atoms with Crippen LogP contribution in [0.5, 0.6) is 0 Å². The number of aromatic amines is 1. The van der Waals surface area contributed by atoms with Crippen LogP contribution < -0.4 is 5.69 Å². The van der Waals surface area contributed by atoms with Crippen molar-refractivity contribution in [1.82, 2.24) is 19.7 Å². The molecule has 1 saturated heterocycles. The minimum Gasteiger partial charge on any atom is -0.342 e. The number of halogens is 1. The van der Waals surface area contributed by atoms with Gasteiger partial charge in [-0.15, -0.1) is 0 Å².